The van der Waals surface area contributed by atoms with Crippen LogP contribution in [0.25, 0.3) is 33.7 Å². The highest BCUT2D eigenvalue weighted by molar-refractivity contribution is 7.11. The summed E-state index contributed by atoms with van der Waals surface area (Å²) in [5.74, 6) is 0. The Morgan fingerprint density at radius 1 is 1.00 bits per heavy atom. The van der Waals surface area contributed by atoms with E-state index in [1.54, 1.807) is 12.4 Å². The third-order valence-corrected chi connectivity index (χ3v) is 4.83. The summed E-state index contributed by atoms with van der Waals surface area (Å²) < 4.78 is 0. The van der Waals surface area contributed by atoms with E-state index in [1.807, 2.05) is 47.9 Å². The van der Waals surface area contributed by atoms with Crippen LogP contribution in [0.15, 0.2) is 72.4 Å². The zero-order valence-corrected chi connectivity index (χ0v) is 14.1. The number of pyridine rings is 1. The predicted octanol–water partition coefficient (Wildman–Crippen LogP) is 5.42. The number of rotatable bonds is 3. The molecule has 0 aliphatic rings. The molecule has 0 fully saturated rings. The molecule has 4 heteroatoms. The van der Waals surface area contributed by atoms with E-state index in [4.69, 9.17) is 0 Å². The molecule has 25 heavy (non-hydrogen) atoms. The fourth-order valence-corrected chi connectivity index (χ4v) is 3.52. The lowest BCUT2D eigenvalue weighted by Crippen LogP contribution is -1.84. The summed E-state index contributed by atoms with van der Waals surface area (Å²) in [4.78, 5) is 8.65. The average molecular weight is 339 g/mol. The van der Waals surface area contributed by atoms with Crippen LogP contribution in [0.2, 0.25) is 0 Å². The third-order valence-electron chi connectivity index (χ3n) is 3.95. The minimum absolute atomic E-state index is 0.571. The molecule has 2 aromatic carbocycles. The zero-order chi connectivity index (χ0) is 17.1. The topological polar surface area (TPSA) is 49.6 Å². The second-order valence-electron chi connectivity index (χ2n) is 5.51. The van der Waals surface area contributed by atoms with Gasteiger partial charge in [-0.15, -0.1) is 11.3 Å². The molecule has 0 radical (unpaired) electrons. The lowest BCUT2D eigenvalue weighted by atomic mass is 10.0. The van der Waals surface area contributed by atoms with E-state index in [1.165, 1.54) is 11.3 Å². The van der Waals surface area contributed by atoms with Gasteiger partial charge in [0.1, 0.15) is 11.1 Å². The third kappa shape index (κ3) is 3.06. The summed E-state index contributed by atoms with van der Waals surface area (Å²) in [5.41, 5.74) is 3.46. The summed E-state index contributed by atoms with van der Waals surface area (Å²) in [6.45, 7) is 0. The smallest absolute Gasteiger partial charge is 0.134 e. The fourth-order valence-electron chi connectivity index (χ4n) is 2.73. The Bertz CT molecular complexity index is 1100. The van der Waals surface area contributed by atoms with Gasteiger partial charge >= 0.3 is 0 Å². The molecule has 0 aliphatic carbocycles. The molecule has 0 N–H and O–H groups in total. The van der Waals surface area contributed by atoms with Crippen LogP contribution in [0.5, 0.6) is 0 Å². The molecule has 118 valence electrons. The van der Waals surface area contributed by atoms with Crippen LogP contribution < -0.4 is 0 Å². The highest BCUT2D eigenvalue weighted by atomic mass is 32.1. The highest BCUT2D eigenvalue weighted by Gasteiger charge is 2.09. The molecule has 0 saturated carbocycles. The number of allylic oxidation sites excluding steroid dienone is 1. The van der Waals surface area contributed by atoms with Crippen molar-refractivity contribution < 1.29 is 0 Å². The van der Waals surface area contributed by atoms with E-state index in [9.17, 15) is 5.26 Å². The average Bonchev–Trinajstić information content (AvgIpc) is 3.17. The molecule has 0 saturated heterocycles. The standard InChI is InChI=1S/C21H13N3S/c22-13-18(12-17-6-3-5-15-4-1-2-7-19(15)17)21-24-20(14-25-21)16-8-10-23-11-9-16/h1-12,14H/b18-12-. The molecule has 2 heterocycles. The first-order valence-electron chi connectivity index (χ1n) is 7.81. The van der Waals surface area contributed by atoms with Gasteiger partial charge in [0, 0.05) is 23.3 Å². The number of fused-ring (bicyclic) bond motifs is 1. The number of aromatic nitrogens is 2. The largest absolute Gasteiger partial charge is 0.265 e. The van der Waals surface area contributed by atoms with E-state index in [0.717, 1.165) is 32.6 Å². The molecule has 0 atom stereocenters. The van der Waals surface area contributed by atoms with Crippen molar-refractivity contribution in [1.29, 1.82) is 5.26 Å². The van der Waals surface area contributed by atoms with Crippen LogP contribution in [0.1, 0.15) is 10.6 Å². The van der Waals surface area contributed by atoms with Gasteiger partial charge in [0.2, 0.25) is 0 Å². The van der Waals surface area contributed by atoms with Crippen molar-refractivity contribution in [1.82, 2.24) is 9.97 Å². The Balaban J connectivity index is 1.77. The van der Waals surface area contributed by atoms with E-state index in [-0.39, 0.29) is 0 Å². The minimum Gasteiger partial charge on any atom is -0.265 e. The van der Waals surface area contributed by atoms with Crippen molar-refractivity contribution in [2.45, 2.75) is 0 Å². The zero-order valence-electron chi connectivity index (χ0n) is 13.3. The van der Waals surface area contributed by atoms with Gasteiger partial charge in [-0.1, -0.05) is 42.5 Å². The van der Waals surface area contributed by atoms with Crippen molar-refractivity contribution in [3.8, 4) is 17.3 Å². The van der Waals surface area contributed by atoms with Gasteiger partial charge in [-0.2, -0.15) is 5.26 Å². The van der Waals surface area contributed by atoms with Crippen molar-refractivity contribution in [3.05, 3.63) is 82.9 Å². The molecule has 0 bridgehead atoms. The summed E-state index contributed by atoms with van der Waals surface area (Å²) >= 11 is 1.48. The molecule has 0 aliphatic heterocycles. The molecule has 0 spiro atoms. The van der Waals surface area contributed by atoms with Crippen LogP contribution in [-0.2, 0) is 0 Å². The Morgan fingerprint density at radius 2 is 1.80 bits per heavy atom. The van der Waals surface area contributed by atoms with E-state index < -0.39 is 0 Å². The number of nitriles is 1. The maximum absolute atomic E-state index is 9.63. The molecular weight excluding hydrogens is 326 g/mol. The molecule has 4 rings (SSSR count). The van der Waals surface area contributed by atoms with Gasteiger partial charge in [0.05, 0.1) is 11.3 Å². The predicted molar refractivity (Wildman–Crippen MR) is 103 cm³/mol. The van der Waals surface area contributed by atoms with Crippen LogP contribution in [-0.4, -0.2) is 9.97 Å². The quantitative estimate of drug-likeness (QED) is 0.468. The number of hydrogen-bond donors (Lipinski definition) is 0. The first-order valence-corrected chi connectivity index (χ1v) is 8.69. The maximum Gasteiger partial charge on any atom is 0.134 e. The van der Waals surface area contributed by atoms with Crippen LogP contribution in [0, 0.1) is 11.3 Å². The molecule has 3 nitrogen and oxygen atoms in total. The molecule has 4 aromatic rings. The van der Waals surface area contributed by atoms with Crippen LogP contribution in [0.4, 0.5) is 0 Å². The monoisotopic (exact) mass is 339 g/mol. The number of benzene rings is 2. The Labute approximate surface area is 149 Å². The Morgan fingerprint density at radius 3 is 2.64 bits per heavy atom. The molecule has 0 unspecified atom stereocenters. The van der Waals surface area contributed by atoms with E-state index >= 15 is 0 Å². The first-order chi connectivity index (χ1) is 12.3. The summed E-state index contributed by atoms with van der Waals surface area (Å²) in [5, 5.41) is 14.6. The summed E-state index contributed by atoms with van der Waals surface area (Å²) in [6, 6.07) is 20.4. The first kappa shape index (κ1) is 15.3. The van der Waals surface area contributed by atoms with Gasteiger partial charge in [0.25, 0.3) is 0 Å². The summed E-state index contributed by atoms with van der Waals surface area (Å²) in [6.07, 6.45) is 5.40. The second kappa shape index (κ2) is 6.68. The SMILES string of the molecule is N#C/C(=C/c1cccc2ccccc12)c1nc(-c2ccncc2)cs1. The summed E-state index contributed by atoms with van der Waals surface area (Å²) in [7, 11) is 0. The number of nitrogens with zero attached hydrogens (tertiary/aromatic N) is 3. The molecule has 0 amide bonds. The van der Waals surface area contributed by atoms with Crippen molar-refractivity contribution in [2.75, 3.05) is 0 Å². The normalized spacial score (nSPS) is 11.4. The lowest BCUT2D eigenvalue weighted by Gasteiger charge is -2.02. The molecule has 2 aromatic heterocycles. The van der Waals surface area contributed by atoms with Crippen molar-refractivity contribution >= 4 is 33.8 Å². The second-order valence-corrected chi connectivity index (χ2v) is 6.37. The van der Waals surface area contributed by atoms with Crippen molar-refractivity contribution in [3.63, 3.8) is 0 Å². The van der Waals surface area contributed by atoms with E-state index in [2.05, 4.69) is 34.2 Å². The minimum atomic E-state index is 0.571. The van der Waals surface area contributed by atoms with Gasteiger partial charge in [-0.25, -0.2) is 4.98 Å². The fraction of sp³-hybridized carbons (Fsp3) is 0. The van der Waals surface area contributed by atoms with Gasteiger partial charge in [-0.05, 0) is 34.5 Å². The molecular formula is C21H13N3S. The van der Waals surface area contributed by atoms with Gasteiger partial charge < -0.3 is 0 Å². The van der Waals surface area contributed by atoms with Gasteiger partial charge in [-0.3, -0.25) is 4.98 Å². The van der Waals surface area contributed by atoms with Crippen molar-refractivity contribution in [2.24, 2.45) is 0 Å². The van der Waals surface area contributed by atoms with Crippen LogP contribution in [0.3, 0.4) is 0 Å². The highest BCUT2D eigenvalue weighted by Crippen LogP contribution is 2.28. The Kier molecular flexibility index (Phi) is 4.07. The van der Waals surface area contributed by atoms with Crippen LogP contribution >= 0.6 is 11.3 Å². The maximum atomic E-state index is 9.63. The number of hydrogen-bond acceptors (Lipinski definition) is 4. The van der Waals surface area contributed by atoms with Gasteiger partial charge in [0.15, 0.2) is 0 Å². The van der Waals surface area contributed by atoms with E-state index in [0.29, 0.717) is 5.57 Å². The lowest BCUT2D eigenvalue weighted by molar-refractivity contribution is 1.31. The Hall–Kier alpha value is -3.29. The number of thiazole rings is 1.